The van der Waals surface area contributed by atoms with Gasteiger partial charge in [0.05, 0.1) is 6.61 Å². The van der Waals surface area contributed by atoms with Crippen LogP contribution in [0.25, 0.3) is 0 Å². The Morgan fingerprint density at radius 1 is 1.35 bits per heavy atom. The molecule has 1 aliphatic heterocycles. The number of hydrogen-bond acceptors (Lipinski definition) is 3. The van der Waals surface area contributed by atoms with Gasteiger partial charge in [0.2, 0.25) is 0 Å². The first-order valence-corrected chi connectivity index (χ1v) is 8.42. The molecule has 5 heteroatoms. The summed E-state index contributed by atoms with van der Waals surface area (Å²) in [6.07, 6.45) is 4.14. The van der Waals surface area contributed by atoms with E-state index < -0.39 is 0 Å². The third-order valence-corrected chi connectivity index (χ3v) is 4.57. The number of nitrogens with zero attached hydrogens (tertiary/aromatic N) is 1. The van der Waals surface area contributed by atoms with E-state index in [1.54, 1.807) is 26.0 Å². The molecule has 1 fully saturated rings. The molecule has 1 saturated heterocycles. The second-order valence-electron chi connectivity index (χ2n) is 6.40. The van der Waals surface area contributed by atoms with E-state index in [-0.39, 0.29) is 18.3 Å². The number of likely N-dealkylation sites (tertiary alicyclic amines) is 1. The minimum Gasteiger partial charge on any atom is -0.395 e. The predicted octanol–water partition coefficient (Wildman–Crippen LogP) is 2.41. The van der Waals surface area contributed by atoms with Gasteiger partial charge in [0.1, 0.15) is 5.82 Å². The minimum atomic E-state index is -0.245. The van der Waals surface area contributed by atoms with Crippen LogP contribution >= 0.6 is 0 Å². The quantitative estimate of drug-likeness (QED) is 0.758. The van der Waals surface area contributed by atoms with Gasteiger partial charge in [-0.1, -0.05) is 0 Å². The van der Waals surface area contributed by atoms with Gasteiger partial charge in [-0.25, -0.2) is 4.39 Å². The van der Waals surface area contributed by atoms with Crippen molar-refractivity contribution in [3.05, 3.63) is 34.6 Å². The fourth-order valence-electron chi connectivity index (χ4n) is 3.22. The number of rotatable bonds is 7. The number of carbonyl (C=O) groups is 1. The first kappa shape index (κ1) is 17.9. The third kappa shape index (κ3) is 4.75. The zero-order valence-electron chi connectivity index (χ0n) is 14.1. The summed E-state index contributed by atoms with van der Waals surface area (Å²) in [5, 5.41) is 12.2. The van der Waals surface area contributed by atoms with Gasteiger partial charge in [-0.3, -0.25) is 9.69 Å². The average molecular weight is 322 g/mol. The van der Waals surface area contributed by atoms with Crippen LogP contribution in [0.1, 0.15) is 47.2 Å². The molecule has 1 aromatic carbocycles. The summed E-state index contributed by atoms with van der Waals surface area (Å²) in [7, 11) is 0. The van der Waals surface area contributed by atoms with Gasteiger partial charge in [-0.15, -0.1) is 0 Å². The van der Waals surface area contributed by atoms with Crippen LogP contribution in [0, 0.1) is 19.7 Å². The van der Waals surface area contributed by atoms with Gasteiger partial charge in [0.25, 0.3) is 5.91 Å². The second kappa shape index (κ2) is 8.41. The minimum absolute atomic E-state index is 0.148. The molecule has 1 unspecified atom stereocenters. The van der Waals surface area contributed by atoms with Crippen molar-refractivity contribution in [2.45, 2.75) is 45.6 Å². The number of benzene rings is 1. The summed E-state index contributed by atoms with van der Waals surface area (Å²) >= 11 is 0. The summed E-state index contributed by atoms with van der Waals surface area (Å²) in [4.78, 5) is 14.4. The largest absolute Gasteiger partial charge is 0.395 e. The number of nitrogens with one attached hydrogen (secondary N) is 1. The third-order valence-electron chi connectivity index (χ3n) is 4.57. The van der Waals surface area contributed by atoms with Crippen LogP contribution in [0.2, 0.25) is 0 Å². The van der Waals surface area contributed by atoms with Crippen LogP contribution in [-0.2, 0) is 0 Å². The summed E-state index contributed by atoms with van der Waals surface area (Å²) in [5.41, 5.74) is 1.51. The van der Waals surface area contributed by atoms with Crippen molar-refractivity contribution in [3.8, 4) is 0 Å². The van der Waals surface area contributed by atoms with Crippen molar-refractivity contribution >= 4 is 5.91 Å². The molecule has 128 valence electrons. The molecule has 0 bridgehead atoms. The number of unbranched alkanes of at least 4 members (excludes halogenated alkanes) is 1. The highest BCUT2D eigenvalue weighted by atomic mass is 19.1. The molecule has 1 atom stereocenters. The average Bonchev–Trinajstić information content (AvgIpc) is 2.99. The molecule has 2 rings (SSSR count). The molecule has 0 saturated carbocycles. The van der Waals surface area contributed by atoms with E-state index >= 15 is 0 Å². The Hall–Kier alpha value is -1.46. The lowest BCUT2D eigenvalue weighted by Crippen LogP contribution is -2.33. The van der Waals surface area contributed by atoms with Crippen molar-refractivity contribution in [1.29, 1.82) is 0 Å². The lowest BCUT2D eigenvalue weighted by atomic mass is 10.1. The van der Waals surface area contributed by atoms with Crippen molar-refractivity contribution in [2.24, 2.45) is 0 Å². The Bertz CT molecular complexity index is 525. The normalized spacial score (nSPS) is 18.3. The maximum atomic E-state index is 13.6. The number of aliphatic hydroxyl groups excluding tert-OH is 1. The van der Waals surface area contributed by atoms with E-state index in [1.165, 1.54) is 0 Å². The van der Waals surface area contributed by atoms with Gasteiger partial charge in [0.15, 0.2) is 0 Å². The zero-order valence-corrected chi connectivity index (χ0v) is 14.1. The Labute approximate surface area is 137 Å². The van der Waals surface area contributed by atoms with Gasteiger partial charge in [-0.2, -0.15) is 0 Å². The van der Waals surface area contributed by atoms with Crippen molar-refractivity contribution in [1.82, 2.24) is 10.2 Å². The number of aryl methyl sites for hydroxylation is 2. The SMILES string of the molecule is Cc1cc(C(=O)NCCCCN2CCCC2CO)cc(C)c1F. The van der Waals surface area contributed by atoms with E-state index in [1.807, 2.05) is 0 Å². The van der Waals surface area contributed by atoms with Crippen LogP contribution in [0.3, 0.4) is 0 Å². The monoisotopic (exact) mass is 322 g/mol. The highest BCUT2D eigenvalue weighted by Crippen LogP contribution is 2.17. The van der Waals surface area contributed by atoms with Crippen molar-refractivity contribution < 1.29 is 14.3 Å². The zero-order chi connectivity index (χ0) is 16.8. The van der Waals surface area contributed by atoms with E-state index in [0.717, 1.165) is 38.8 Å². The number of amides is 1. The standard InChI is InChI=1S/C18H27FN2O2/c1-13-10-15(11-14(2)17(13)19)18(23)20-7-3-4-8-21-9-5-6-16(21)12-22/h10-11,16,22H,3-9,12H2,1-2H3,(H,20,23). The Morgan fingerprint density at radius 2 is 2.04 bits per heavy atom. The van der Waals surface area contributed by atoms with Gasteiger partial charge in [0, 0.05) is 18.2 Å². The van der Waals surface area contributed by atoms with E-state index in [0.29, 0.717) is 29.3 Å². The van der Waals surface area contributed by atoms with Crippen LogP contribution in [0.4, 0.5) is 4.39 Å². The van der Waals surface area contributed by atoms with Crippen molar-refractivity contribution in [3.63, 3.8) is 0 Å². The molecule has 1 amide bonds. The van der Waals surface area contributed by atoms with Gasteiger partial charge in [-0.05, 0) is 75.9 Å². The second-order valence-corrected chi connectivity index (χ2v) is 6.40. The number of halogens is 1. The number of carbonyl (C=O) groups excluding carboxylic acids is 1. The van der Waals surface area contributed by atoms with Crippen LogP contribution in [0.5, 0.6) is 0 Å². The molecule has 0 aromatic heterocycles. The molecule has 1 heterocycles. The summed E-state index contributed by atoms with van der Waals surface area (Å²) in [5.74, 6) is -0.392. The fourth-order valence-corrected chi connectivity index (χ4v) is 3.22. The Kier molecular flexibility index (Phi) is 6.54. The molecular formula is C18H27FN2O2. The molecule has 1 aromatic rings. The molecule has 23 heavy (non-hydrogen) atoms. The molecule has 4 nitrogen and oxygen atoms in total. The first-order valence-electron chi connectivity index (χ1n) is 8.42. The van der Waals surface area contributed by atoms with Crippen LogP contribution < -0.4 is 5.32 Å². The topological polar surface area (TPSA) is 52.6 Å². The summed E-state index contributed by atoms with van der Waals surface area (Å²) < 4.78 is 13.6. The van der Waals surface area contributed by atoms with Gasteiger partial charge < -0.3 is 10.4 Å². The molecule has 0 radical (unpaired) electrons. The fraction of sp³-hybridized carbons (Fsp3) is 0.611. The lowest BCUT2D eigenvalue weighted by molar-refractivity contribution is 0.0952. The van der Waals surface area contributed by atoms with Crippen LogP contribution in [-0.4, -0.2) is 48.2 Å². The number of aliphatic hydroxyl groups is 1. The molecular weight excluding hydrogens is 295 g/mol. The van der Waals surface area contributed by atoms with Crippen LogP contribution in [0.15, 0.2) is 12.1 Å². The summed E-state index contributed by atoms with van der Waals surface area (Å²) in [6, 6.07) is 3.50. The maximum absolute atomic E-state index is 13.6. The smallest absolute Gasteiger partial charge is 0.251 e. The molecule has 1 aliphatic rings. The maximum Gasteiger partial charge on any atom is 0.251 e. The molecule has 2 N–H and O–H groups in total. The van der Waals surface area contributed by atoms with Crippen molar-refractivity contribution in [2.75, 3.05) is 26.2 Å². The molecule has 0 spiro atoms. The predicted molar refractivity (Wildman–Crippen MR) is 89.1 cm³/mol. The Morgan fingerprint density at radius 3 is 2.70 bits per heavy atom. The van der Waals surface area contributed by atoms with E-state index in [4.69, 9.17) is 0 Å². The van der Waals surface area contributed by atoms with Gasteiger partial charge >= 0.3 is 0 Å². The lowest BCUT2D eigenvalue weighted by Gasteiger charge is -2.22. The first-order chi connectivity index (χ1) is 11.0. The number of hydrogen-bond donors (Lipinski definition) is 2. The van der Waals surface area contributed by atoms with E-state index in [9.17, 15) is 14.3 Å². The highest BCUT2D eigenvalue weighted by Gasteiger charge is 2.22. The highest BCUT2D eigenvalue weighted by molar-refractivity contribution is 5.94. The summed E-state index contributed by atoms with van der Waals surface area (Å²) in [6.45, 7) is 6.23. The van der Waals surface area contributed by atoms with E-state index in [2.05, 4.69) is 10.2 Å². The Balaban J connectivity index is 1.71. The molecule has 0 aliphatic carbocycles.